The summed E-state index contributed by atoms with van der Waals surface area (Å²) in [5.41, 5.74) is -2.43. The number of halogens is 4. The van der Waals surface area contributed by atoms with Gasteiger partial charge in [0, 0.05) is 0 Å². The Bertz CT molecular complexity index is 193. The Morgan fingerprint density at radius 2 is 1.69 bits per heavy atom. The van der Waals surface area contributed by atoms with Crippen LogP contribution in [0, 0.1) is 0 Å². The molecule has 0 fully saturated rings. The summed E-state index contributed by atoms with van der Waals surface area (Å²) in [4.78, 5) is 10.0. The fourth-order valence-electron chi connectivity index (χ4n) is 0.308. The minimum Gasteiger partial charge on any atom is -0.426 e. The monoisotopic (exact) mass is 204 g/mol. The summed E-state index contributed by atoms with van der Waals surface area (Å²) >= 11 is 0. The van der Waals surface area contributed by atoms with Gasteiger partial charge in [0.15, 0.2) is 5.67 Å². The van der Waals surface area contributed by atoms with Crippen molar-refractivity contribution in [2.75, 3.05) is 0 Å². The molecule has 0 amide bonds. The molecule has 0 aliphatic rings. The van der Waals surface area contributed by atoms with Gasteiger partial charge < -0.3 is 9.84 Å². The summed E-state index contributed by atoms with van der Waals surface area (Å²) in [6, 6.07) is 0. The summed E-state index contributed by atoms with van der Waals surface area (Å²) in [6.07, 6.45) is -7.66. The van der Waals surface area contributed by atoms with Crippen molar-refractivity contribution in [1.29, 1.82) is 0 Å². The molecule has 0 saturated heterocycles. The fraction of sp³-hybridized carbons (Fsp3) is 0.833. The second-order valence-electron chi connectivity index (χ2n) is 2.82. The molecule has 0 bridgehead atoms. The Kier molecular flexibility index (Phi) is 3.26. The van der Waals surface area contributed by atoms with Crippen molar-refractivity contribution in [3.63, 3.8) is 0 Å². The lowest BCUT2D eigenvalue weighted by atomic mass is 10.2. The van der Waals surface area contributed by atoms with Gasteiger partial charge >= 0.3 is 12.1 Å². The second-order valence-corrected chi connectivity index (χ2v) is 2.82. The summed E-state index contributed by atoms with van der Waals surface area (Å²) in [7, 11) is 0. The molecule has 1 atom stereocenters. The van der Waals surface area contributed by atoms with Crippen LogP contribution in [0.5, 0.6) is 0 Å². The Hall–Kier alpha value is -0.850. The van der Waals surface area contributed by atoms with Gasteiger partial charge in [-0.1, -0.05) is 0 Å². The predicted octanol–water partition coefficient (Wildman–Crippen LogP) is 1.16. The van der Waals surface area contributed by atoms with E-state index in [-0.39, 0.29) is 0 Å². The second kappa shape index (κ2) is 3.49. The number of carbonyl (C=O) groups excluding carboxylic acids is 1. The molecule has 0 saturated carbocycles. The van der Waals surface area contributed by atoms with Gasteiger partial charge in [0.05, 0.1) is 0 Å². The molecule has 78 valence electrons. The molecule has 0 aromatic heterocycles. The van der Waals surface area contributed by atoms with E-state index in [1.807, 2.05) is 0 Å². The Labute approximate surface area is 71.3 Å². The van der Waals surface area contributed by atoms with Gasteiger partial charge in [0.25, 0.3) is 0 Å². The molecule has 1 unspecified atom stereocenters. The summed E-state index contributed by atoms with van der Waals surface area (Å²) < 4.78 is 50.5. The quantitative estimate of drug-likeness (QED) is 0.417. The van der Waals surface area contributed by atoms with E-state index in [9.17, 15) is 22.4 Å². The fourth-order valence-corrected chi connectivity index (χ4v) is 0.308. The SMILES string of the molecule is CC(C)(F)C(O)OC(=O)C(F)(F)F. The summed E-state index contributed by atoms with van der Waals surface area (Å²) in [5.74, 6) is -2.62. The number of carbonyl (C=O) groups is 1. The highest BCUT2D eigenvalue weighted by molar-refractivity contribution is 5.75. The van der Waals surface area contributed by atoms with Gasteiger partial charge in [0.2, 0.25) is 6.29 Å². The first-order chi connectivity index (χ1) is 5.55. The van der Waals surface area contributed by atoms with Crippen LogP contribution in [0.1, 0.15) is 13.8 Å². The highest BCUT2D eigenvalue weighted by Crippen LogP contribution is 2.21. The number of rotatable bonds is 2. The molecule has 0 heterocycles. The smallest absolute Gasteiger partial charge is 0.426 e. The highest BCUT2D eigenvalue weighted by Gasteiger charge is 2.44. The zero-order valence-electron chi connectivity index (χ0n) is 6.85. The van der Waals surface area contributed by atoms with Crippen molar-refractivity contribution in [1.82, 2.24) is 0 Å². The minimum absolute atomic E-state index is 0.779. The molecular weight excluding hydrogens is 196 g/mol. The van der Waals surface area contributed by atoms with Crippen molar-refractivity contribution in [2.24, 2.45) is 0 Å². The topological polar surface area (TPSA) is 46.5 Å². The molecule has 0 aliphatic carbocycles. The maximum atomic E-state index is 12.6. The van der Waals surface area contributed by atoms with Gasteiger partial charge in [-0.25, -0.2) is 9.18 Å². The number of esters is 1. The first kappa shape index (κ1) is 12.2. The number of ether oxygens (including phenoxy) is 1. The van der Waals surface area contributed by atoms with E-state index < -0.39 is 24.1 Å². The third-order valence-corrected chi connectivity index (χ3v) is 1.04. The Balaban J connectivity index is 4.24. The first-order valence-electron chi connectivity index (χ1n) is 3.20. The van der Waals surface area contributed by atoms with Crippen LogP contribution in [-0.2, 0) is 9.53 Å². The van der Waals surface area contributed by atoms with E-state index >= 15 is 0 Å². The summed E-state index contributed by atoms with van der Waals surface area (Å²) in [6.45, 7) is 1.56. The highest BCUT2D eigenvalue weighted by atomic mass is 19.4. The van der Waals surface area contributed by atoms with Crippen molar-refractivity contribution in [3.05, 3.63) is 0 Å². The molecule has 0 aromatic rings. The molecule has 0 spiro atoms. The molecule has 13 heavy (non-hydrogen) atoms. The molecule has 7 heteroatoms. The zero-order valence-corrected chi connectivity index (χ0v) is 6.85. The van der Waals surface area contributed by atoms with Crippen molar-refractivity contribution in [2.45, 2.75) is 32.0 Å². The molecular formula is C6H8F4O3. The molecule has 0 aliphatic heterocycles. The van der Waals surface area contributed by atoms with Gasteiger partial charge in [-0.15, -0.1) is 0 Å². The van der Waals surface area contributed by atoms with Crippen molar-refractivity contribution >= 4 is 5.97 Å². The molecule has 0 aromatic carbocycles. The lowest BCUT2D eigenvalue weighted by molar-refractivity contribution is -0.233. The maximum absolute atomic E-state index is 12.6. The van der Waals surface area contributed by atoms with Gasteiger partial charge in [-0.2, -0.15) is 13.2 Å². The van der Waals surface area contributed by atoms with Crippen LogP contribution >= 0.6 is 0 Å². The van der Waals surface area contributed by atoms with Crippen LogP contribution in [0.25, 0.3) is 0 Å². The van der Waals surface area contributed by atoms with E-state index in [0.29, 0.717) is 0 Å². The number of alkyl halides is 4. The minimum atomic E-state index is -5.23. The van der Waals surface area contributed by atoms with E-state index in [4.69, 9.17) is 5.11 Å². The Morgan fingerprint density at radius 3 is 1.92 bits per heavy atom. The van der Waals surface area contributed by atoms with E-state index in [2.05, 4.69) is 4.74 Å². The predicted molar refractivity (Wildman–Crippen MR) is 33.3 cm³/mol. The van der Waals surface area contributed by atoms with E-state index in [1.54, 1.807) is 0 Å². The number of hydrogen-bond donors (Lipinski definition) is 1. The van der Waals surface area contributed by atoms with E-state index in [1.165, 1.54) is 0 Å². The molecule has 0 rings (SSSR count). The molecule has 0 radical (unpaired) electrons. The average Bonchev–Trinajstić information content (AvgIpc) is 1.82. The van der Waals surface area contributed by atoms with Gasteiger partial charge in [-0.05, 0) is 13.8 Å². The lowest BCUT2D eigenvalue weighted by Crippen LogP contribution is -2.39. The van der Waals surface area contributed by atoms with Crippen LogP contribution in [0.15, 0.2) is 0 Å². The van der Waals surface area contributed by atoms with Crippen molar-refractivity contribution in [3.8, 4) is 0 Å². The van der Waals surface area contributed by atoms with Crippen LogP contribution < -0.4 is 0 Å². The Morgan fingerprint density at radius 1 is 1.31 bits per heavy atom. The third kappa shape index (κ3) is 4.07. The molecule has 3 nitrogen and oxygen atoms in total. The average molecular weight is 204 g/mol. The van der Waals surface area contributed by atoms with Crippen LogP contribution in [-0.4, -0.2) is 29.2 Å². The number of aliphatic hydroxyl groups excluding tert-OH is 1. The number of hydrogen-bond acceptors (Lipinski definition) is 3. The van der Waals surface area contributed by atoms with Crippen LogP contribution in [0.3, 0.4) is 0 Å². The van der Waals surface area contributed by atoms with Gasteiger partial charge in [-0.3, -0.25) is 0 Å². The zero-order chi connectivity index (χ0) is 10.9. The standard InChI is InChI=1S/C6H8F4O3/c1-5(2,7)3(11)13-4(12)6(8,9)10/h3,11H,1-2H3. The summed E-state index contributed by atoms with van der Waals surface area (Å²) in [5, 5.41) is 8.60. The van der Waals surface area contributed by atoms with Crippen LogP contribution in [0.2, 0.25) is 0 Å². The normalized spacial score (nSPS) is 15.3. The maximum Gasteiger partial charge on any atom is 0.491 e. The number of aliphatic hydroxyl groups is 1. The van der Waals surface area contributed by atoms with Gasteiger partial charge in [0.1, 0.15) is 0 Å². The first-order valence-corrected chi connectivity index (χ1v) is 3.20. The van der Waals surface area contributed by atoms with Crippen LogP contribution in [0.4, 0.5) is 17.6 Å². The largest absolute Gasteiger partial charge is 0.491 e. The lowest BCUT2D eigenvalue weighted by Gasteiger charge is -2.21. The van der Waals surface area contributed by atoms with Crippen molar-refractivity contribution < 1.29 is 32.2 Å². The molecule has 1 N–H and O–H groups in total. The van der Waals surface area contributed by atoms with E-state index in [0.717, 1.165) is 13.8 Å². The third-order valence-electron chi connectivity index (χ3n) is 1.04.